The van der Waals surface area contributed by atoms with E-state index in [0.717, 1.165) is 17.5 Å². The molecular weight excluding hydrogens is 370 g/mol. The zero-order valence-electron chi connectivity index (χ0n) is 17.0. The number of benzene rings is 2. The highest BCUT2D eigenvalue weighted by molar-refractivity contribution is 6.34. The summed E-state index contributed by atoms with van der Waals surface area (Å²) in [5.41, 5.74) is 4.44. The molecule has 0 spiro atoms. The molecule has 0 aromatic heterocycles. The van der Waals surface area contributed by atoms with Crippen molar-refractivity contribution in [1.29, 1.82) is 0 Å². The van der Waals surface area contributed by atoms with E-state index < -0.39 is 0 Å². The fourth-order valence-electron chi connectivity index (χ4n) is 2.94. The third kappa shape index (κ3) is 6.32. The smallest absolute Gasteiger partial charge is 0.222 e. The number of halogens is 1. The largest absolute Gasteiger partial charge is 0.316 e. The Morgan fingerprint density at radius 3 is 2.57 bits per heavy atom. The van der Waals surface area contributed by atoms with E-state index in [9.17, 15) is 4.79 Å². The number of nitrogens with zero attached hydrogens (tertiary/aromatic N) is 1. The summed E-state index contributed by atoms with van der Waals surface area (Å²) in [6.07, 6.45) is 0.987. The molecule has 2 N–H and O–H groups in total. The average Bonchev–Trinajstić information content (AvgIpc) is 2.62. The van der Waals surface area contributed by atoms with Gasteiger partial charge in [0, 0.05) is 19.0 Å². The number of amides is 1. The number of nitrogens with one attached hydrogen (secondary N) is 2. The van der Waals surface area contributed by atoms with Crippen molar-refractivity contribution in [2.24, 2.45) is 10.9 Å². The van der Waals surface area contributed by atoms with Crippen LogP contribution in [-0.4, -0.2) is 18.8 Å². The third-order valence-corrected chi connectivity index (χ3v) is 4.44. The second-order valence-electron chi connectivity index (χ2n) is 7.23. The van der Waals surface area contributed by atoms with Crippen molar-refractivity contribution < 1.29 is 4.79 Å². The van der Waals surface area contributed by atoms with Crippen LogP contribution in [0.2, 0.25) is 5.02 Å². The number of carbonyl (C=O) groups excluding carboxylic acids is 1. The maximum atomic E-state index is 11.8. The topological polar surface area (TPSA) is 53.5 Å². The van der Waals surface area contributed by atoms with Gasteiger partial charge in [0.1, 0.15) is 5.84 Å². The first-order valence-electron chi connectivity index (χ1n) is 9.38. The fourth-order valence-corrected chi connectivity index (χ4v) is 3.15. The second-order valence-corrected chi connectivity index (χ2v) is 7.64. The molecule has 0 aliphatic carbocycles. The third-order valence-electron chi connectivity index (χ3n) is 4.11. The van der Waals surface area contributed by atoms with Gasteiger partial charge in [-0.05, 0) is 54.3 Å². The molecule has 0 atom stereocenters. The molecule has 0 unspecified atom stereocenters. The molecule has 0 saturated heterocycles. The highest BCUT2D eigenvalue weighted by atomic mass is 35.5. The van der Waals surface area contributed by atoms with Crippen molar-refractivity contribution in [1.82, 2.24) is 10.6 Å². The van der Waals surface area contributed by atoms with Crippen molar-refractivity contribution in [3.8, 4) is 0 Å². The average molecular weight is 398 g/mol. The maximum Gasteiger partial charge on any atom is 0.222 e. The molecule has 28 heavy (non-hydrogen) atoms. The number of amidine groups is 1. The predicted molar refractivity (Wildman–Crippen MR) is 119 cm³/mol. The Morgan fingerprint density at radius 1 is 1.18 bits per heavy atom. The Hall–Kier alpha value is -2.43. The lowest BCUT2D eigenvalue weighted by molar-refractivity contribution is -0.117. The highest BCUT2D eigenvalue weighted by Gasteiger charge is 2.13. The monoisotopic (exact) mass is 397 g/mol. The van der Waals surface area contributed by atoms with Gasteiger partial charge in [0.2, 0.25) is 5.91 Å². The van der Waals surface area contributed by atoms with E-state index >= 15 is 0 Å². The molecule has 1 amide bonds. The second kappa shape index (κ2) is 10.2. The van der Waals surface area contributed by atoms with Crippen molar-refractivity contribution in [3.63, 3.8) is 0 Å². The summed E-state index contributed by atoms with van der Waals surface area (Å²) in [5, 5.41) is 6.43. The van der Waals surface area contributed by atoms with Crippen molar-refractivity contribution >= 4 is 29.0 Å². The molecule has 0 radical (unpaired) electrons. The first-order chi connectivity index (χ1) is 13.3. The molecule has 2 rings (SSSR count). The van der Waals surface area contributed by atoms with Crippen LogP contribution in [0.15, 0.2) is 54.0 Å². The van der Waals surface area contributed by atoms with Gasteiger partial charge in [-0.3, -0.25) is 4.79 Å². The van der Waals surface area contributed by atoms with Gasteiger partial charge in [0.05, 0.1) is 10.7 Å². The Balaban J connectivity index is 2.43. The Morgan fingerprint density at radius 2 is 1.93 bits per heavy atom. The Bertz CT molecular complexity index is 887. The van der Waals surface area contributed by atoms with Crippen LogP contribution in [0.1, 0.15) is 43.0 Å². The molecule has 0 aliphatic rings. The first kappa shape index (κ1) is 21.9. The van der Waals surface area contributed by atoms with Crippen LogP contribution in [0.4, 0.5) is 0 Å². The van der Waals surface area contributed by atoms with E-state index in [4.69, 9.17) is 11.6 Å². The van der Waals surface area contributed by atoms with Crippen molar-refractivity contribution in [2.75, 3.05) is 7.05 Å². The molecule has 2 aromatic rings. The van der Waals surface area contributed by atoms with Gasteiger partial charge in [-0.25, -0.2) is 4.99 Å². The maximum absolute atomic E-state index is 11.8. The van der Waals surface area contributed by atoms with Gasteiger partial charge < -0.3 is 10.6 Å². The molecule has 2 aromatic carbocycles. The lowest BCUT2D eigenvalue weighted by Gasteiger charge is -2.13. The summed E-state index contributed by atoms with van der Waals surface area (Å²) in [5.74, 6) is 0.751. The zero-order valence-corrected chi connectivity index (χ0v) is 17.7. The number of hydrogen-bond acceptors (Lipinski definition) is 3. The first-order valence-corrected chi connectivity index (χ1v) is 9.75. The van der Waals surface area contributed by atoms with Crippen LogP contribution in [0.5, 0.6) is 0 Å². The summed E-state index contributed by atoms with van der Waals surface area (Å²) < 4.78 is 0. The van der Waals surface area contributed by atoms with Crippen LogP contribution in [-0.2, 0) is 17.8 Å². The molecule has 0 bridgehead atoms. The summed E-state index contributed by atoms with van der Waals surface area (Å²) in [7, 11) is 1.88. The van der Waals surface area contributed by atoms with Gasteiger partial charge >= 0.3 is 0 Å². The standard InChI is InChI=1S/C23H28ClN3O/c1-15(2)11-18-7-6-8-20(12-18)16(3)26-23(27-17(4)28)21-13-19(14-25-5)9-10-22(21)24/h6-10,12-13,15,25H,3,11,14H2,1-2,4-5H3,(H,26,27,28). The lowest BCUT2D eigenvalue weighted by atomic mass is 10.0. The number of carbonyl (C=O) groups is 1. The molecular formula is C23H28ClN3O. The quantitative estimate of drug-likeness (QED) is 0.520. The Labute approximate surface area is 172 Å². The number of hydrogen-bond donors (Lipinski definition) is 2. The minimum Gasteiger partial charge on any atom is -0.316 e. The van der Waals surface area contributed by atoms with E-state index in [0.29, 0.717) is 34.6 Å². The van der Waals surface area contributed by atoms with Crippen molar-refractivity contribution in [2.45, 2.75) is 33.7 Å². The lowest BCUT2D eigenvalue weighted by Crippen LogP contribution is -2.29. The predicted octanol–water partition coefficient (Wildman–Crippen LogP) is 4.81. The molecule has 5 heteroatoms. The summed E-state index contributed by atoms with van der Waals surface area (Å²) in [4.78, 5) is 16.4. The molecule has 0 aliphatic heterocycles. The van der Waals surface area contributed by atoms with E-state index in [1.807, 2.05) is 37.4 Å². The van der Waals surface area contributed by atoms with Gasteiger partial charge in [-0.1, -0.05) is 56.3 Å². The fraction of sp³-hybridized carbons (Fsp3) is 0.304. The van der Waals surface area contributed by atoms with Crippen LogP contribution in [0.3, 0.4) is 0 Å². The van der Waals surface area contributed by atoms with Gasteiger partial charge in [0.15, 0.2) is 0 Å². The normalized spacial score (nSPS) is 11.6. The minimum absolute atomic E-state index is 0.213. The molecule has 0 saturated carbocycles. The summed E-state index contributed by atoms with van der Waals surface area (Å²) >= 11 is 6.40. The molecule has 0 heterocycles. The van der Waals surface area contributed by atoms with Gasteiger partial charge in [-0.2, -0.15) is 0 Å². The van der Waals surface area contributed by atoms with Gasteiger partial charge in [0.25, 0.3) is 0 Å². The highest BCUT2D eigenvalue weighted by Crippen LogP contribution is 2.22. The summed E-state index contributed by atoms with van der Waals surface area (Å²) in [6.45, 7) is 10.6. The zero-order chi connectivity index (χ0) is 20.7. The molecule has 0 fully saturated rings. The molecule has 148 valence electrons. The molecule has 4 nitrogen and oxygen atoms in total. The minimum atomic E-state index is -0.213. The van der Waals surface area contributed by atoms with E-state index in [1.165, 1.54) is 12.5 Å². The van der Waals surface area contributed by atoms with Crippen LogP contribution in [0, 0.1) is 5.92 Å². The van der Waals surface area contributed by atoms with Gasteiger partial charge in [-0.15, -0.1) is 0 Å². The summed E-state index contributed by atoms with van der Waals surface area (Å²) in [6, 6.07) is 13.9. The van der Waals surface area contributed by atoms with Crippen LogP contribution in [0.25, 0.3) is 5.70 Å². The number of aliphatic imine (C=N–C) groups is 1. The van der Waals surface area contributed by atoms with E-state index in [1.54, 1.807) is 0 Å². The number of rotatable bonds is 7. The Kier molecular flexibility index (Phi) is 7.97. The van der Waals surface area contributed by atoms with E-state index in [-0.39, 0.29) is 5.91 Å². The SMILES string of the molecule is C=C(N=C(NC(C)=O)c1cc(CNC)ccc1Cl)c1cccc(CC(C)C)c1. The van der Waals surface area contributed by atoms with Crippen molar-refractivity contribution in [3.05, 3.63) is 76.3 Å². The van der Waals surface area contributed by atoms with E-state index in [2.05, 4.69) is 48.2 Å². The van der Waals surface area contributed by atoms with Crippen LogP contribution >= 0.6 is 11.6 Å². The van der Waals surface area contributed by atoms with Crippen LogP contribution < -0.4 is 10.6 Å².